The molecule has 0 heterocycles. The van der Waals surface area contributed by atoms with Crippen LogP contribution in [0.4, 0.5) is 0 Å². The number of benzene rings is 1. The molecule has 104 valence electrons. The molecule has 0 aromatic heterocycles. The minimum absolute atomic E-state index is 0.291. The highest BCUT2D eigenvalue weighted by molar-refractivity contribution is 5.27. The molecule has 0 radical (unpaired) electrons. The zero-order valence-corrected chi connectivity index (χ0v) is 12.0. The number of aliphatic hydroxyl groups is 1. The van der Waals surface area contributed by atoms with Crippen molar-refractivity contribution in [2.24, 2.45) is 0 Å². The second-order valence-electron chi connectivity index (χ2n) is 5.25. The van der Waals surface area contributed by atoms with Gasteiger partial charge in [-0.3, -0.25) is 4.90 Å². The molecule has 1 aromatic carbocycles. The Morgan fingerprint density at radius 1 is 1.32 bits per heavy atom. The lowest BCUT2D eigenvalue weighted by molar-refractivity contribution is 0.0353. The molecule has 0 bridgehead atoms. The van der Waals surface area contributed by atoms with Crippen LogP contribution in [0, 0.1) is 12.3 Å². The summed E-state index contributed by atoms with van der Waals surface area (Å²) in [4.78, 5) is 2.21. The first kappa shape index (κ1) is 15.6. The molecule has 0 aliphatic rings. The summed E-state index contributed by atoms with van der Waals surface area (Å²) in [7, 11) is 0. The molecule has 0 atom stereocenters. The van der Waals surface area contributed by atoms with Crippen molar-refractivity contribution in [3.8, 4) is 18.1 Å². The molecule has 0 saturated carbocycles. The molecule has 1 rings (SSSR count). The first-order valence-electron chi connectivity index (χ1n) is 6.54. The lowest BCUT2D eigenvalue weighted by Gasteiger charge is -2.28. The van der Waals surface area contributed by atoms with E-state index in [4.69, 9.17) is 11.2 Å². The predicted octanol–water partition coefficient (Wildman–Crippen LogP) is 2.29. The summed E-state index contributed by atoms with van der Waals surface area (Å²) in [5, 5.41) is 9.86. The maximum atomic E-state index is 9.86. The smallest absolute Gasteiger partial charge is 0.148 e. The summed E-state index contributed by atoms with van der Waals surface area (Å²) in [5.74, 6) is 3.22. The molecule has 0 spiro atoms. The third kappa shape index (κ3) is 6.28. The third-order valence-electron chi connectivity index (χ3n) is 2.71. The molecule has 0 aliphatic carbocycles. The van der Waals surface area contributed by atoms with Gasteiger partial charge in [0.2, 0.25) is 0 Å². The van der Waals surface area contributed by atoms with E-state index in [0.29, 0.717) is 13.2 Å². The highest BCUT2D eigenvalue weighted by Gasteiger charge is 2.17. The average molecular weight is 261 g/mol. The second-order valence-corrected chi connectivity index (χ2v) is 5.25. The van der Waals surface area contributed by atoms with Crippen LogP contribution < -0.4 is 4.74 Å². The van der Waals surface area contributed by atoms with Crippen molar-refractivity contribution in [1.82, 2.24) is 4.90 Å². The highest BCUT2D eigenvalue weighted by atomic mass is 16.5. The number of hydrogen-bond donors (Lipinski definition) is 1. The lowest BCUT2D eigenvalue weighted by Crippen LogP contribution is -2.38. The summed E-state index contributed by atoms with van der Waals surface area (Å²) >= 11 is 0. The number of likely N-dealkylation sites (N-methyl/N-ethyl adjacent to an activating group) is 1. The van der Waals surface area contributed by atoms with E-state index in [-0.39, 0.29) is 0 Å². The first-order valence-corrected chi connectivity index (χ1v) is 6.54. The van der Waals surface area contributed by atoms with E-state index >= 15 is 0 Å². The number of terminal acetylenes is 1. The monoisotopic (exact) mass is 261 g/mol. The van der Waals surface area contributed by atoms with Gasteiger partial charge < -0.3 is 9.84 Å². The van der Waals surface area contributed by atoms with E-state index in [9.17, 15) is 5.11 Å². The van der Waals surface area contributed by atoms with E-state index in [1.807, 2.05) is 38.1 Å². The zero-order valence-electron chi connectivity index (χ0n) is 12.0. The summed E-state index contributed by atoms with van der Waals surface area (Å²) < 4.78 is 5.33. The Kier molecular flexibility index (Phi) is 5.88. The highest BCUT2D eigenvalue weighted by Crippen LogP contribution is 2.15. The minimum Gasteiger partial charge on any atom is -0.481 e. The molecule has 19 heavy (non-hydrogen) atoms. The van der Waals surface area contributed by atoms with Crippen LogP contribution in [-0.4, -0.2) is 35.3 Å². The van der Waals surface area contributed by atoms with Gasteiger partial charge in [-0.2, -0.15) is 0 Å². The molecule has 0 aliphatic heterocycles. The number of ether oxygens (including phenoxy) is 1. The normalized spacial score (nSPS) is 11.4. The number of rotatable bonds is 7. The Bertz CT molecular complexity index is 412. The van der Waals surface area contributed by atoms with Crippen molar-refractivity contribution < 1.29 is 9.84 Å². The largest absolute Gasteiger partial charge is 0.481 e. The van der Waals surface area contributed by atoms with Crippen molar-refractivity contribution in [2.45, 2.75) is 32.9 Å². The van der Waals surface area contributed by atoms with Crippen LogP contribution >= 0.6 is 0 Å². The summed E-state index contributed by atoms with van der Waals surface area (Å²) in [6.07, 6.45) is 5.14. The van der Waals surface area contributed by atoms with E-state index in [0.717, 1.165) is 18.8 Å². The topological polar surface area (TPSA) is 32.7 Å². The van der Waals surface area contributed by atoms with Gasteiger partial charge in [0.1, 0.15) is 12.4 Å². The van der Waals surface area contributed by atoms with Crippen LogP contribution in [0.15, 0.2) is 24.3 Å². The molecule has 0 unspecified atom stereocenters. The molecule has 1 aromatic rings. The fourth-order valence-corrected chi connectivity index (χ4v) is 1.90. The van der Waals surface area contributed by atoms with Gasteiger partial charge in [-0.25, -0.2) is 0 Å². The Hall–Kier alpha value is -1.50. The Morgan fingerprint density at radius 2 is 1.95 bits per heavy atom. The summed E-state index contributed by atoms with van der Waals surface area (Å²) in [6.45, 7) is 8.40. The van der Waals surface area contributed by atoms with E-state index in [2.05, 4.69) is 17.7 Å². The van der Waals surface area contributed by atoms with Gasteiger partial charge in [-0.05, 0) is 38.1 Å². The van der Waals surface area contributed by atoms with Crippen LogP contribution in [0.3, 0.4) is 0 Å². The van der Waals surface area contributed by atoms with Crippen LogP contribution in [0.5, 0.6) is 5.75 Å². The fourth-order valence-electron chi connectivity index (χ4n) is 1.90. The Balaban J connectivity index is 2.58. The van der Waals surface area contributed by atoms with Crippen molar-refractivity contribution in [3.63, 3.8) is 0 Å². The van der Waals surface area contributed by atoms with Gasteiger partial charge in [0.05, 0.1) is 5.60 Å². The van der Waals surface area contributed by atoms with Gasteiger partial charge in [0.25, 0.3) is 0 Å². The van der Waals surface area contributed by atoms with Crippen molar-refractivity contribution >= 4 is 0 Å². The van der Waals surface area contributed by atoms with Gasteiger partial charge in [0.15, 0.2) is 0 Å². The number of hydrogen-bond acceptors (Lipinski definition) is 3. The zero-order chi connectivity index (χ0) is 14.3. The molecule has 0 amide bonds. The SMILES string of the molecule is C#CCOc1ccc(CN(CC)CC(C)(C)O)cc1. The average Bonchev–Trinajstić information content (AvgIpc) is 2.35. The first-order chi connectivity index (χ1) is 8.94. The van der Waals surface area contributed by atoms with Crippen LogP contribution in [0.1, 0.15) is 26.3 Å². The second kappa shape index (κ2) is 7.18. The predicted molar refractivity (Wildman–Crippen MR) is 78.0 cm³/mol. The maximum Gasteiger partial charge on any atom is 0.148 e. The minimum atomic E-state index is -0.675. The summed E-state index contributed by atoms with van der Waals surface area (Å²) in [6, 6.07) is 7.90. The molecule has 0 saturated heterocycles. The fraction of sp³-hybridized carbons (Fsp3) is 0.500. The Morgan fingerprint density at radius 3 is 2.42 bits per heavy atom. The van der Waals surface area contributed by atoms with E-state index in [1.165, 1.54) is 5.56 Å². The van der Waals surface area contributed by atoms with Crippen molar-refractivity contribution in [3.05, 3.63) is 29.8 Å². The molecule has 0 fully saturated rings. The standard InChI is InChI=1S/C16H23NO2/c1-5-11-19-15-9-7-14(8-10-15)12-17(6-2)13-16(3,4)18/h1,7-10,18H,6,11-13H2,2-4H3. The van der Waals surface area contributed by atoms with Gasteiger partial charge >= 0.3 is 0 Å². The Labute approximate surface area is 116 Å². The molecular formula is C16H23NO2. The molecular weight excluding hydrogens is 238 g/mol. The van der Waals surface area contributed by atoms with Crippen LogP contribution in [0.2, 0.25) is 0 Å². The third-order valence-corrected chi connectivity index (χ3v) is 2.71. The van der Waals surface area contributed by atoms with Gasteiger partial charge in [-0.1, -0.05) is 25.0 Å². The van der Waals surface area contributed by atoms with E-state index in [1.54, 1.807) is 0 Å². The van der Waals surface area contributed by atoms with Crippen molar-refractivity contribution in [1.29, 1.82) is 0 Å². The molecule has 1 N–H and O–H groups in total. The quantitative estimate of drug-likeness (QED) is 0.764. The molecule has 3 heteroatoms. The van der Waals surface area contributed by atoms with Gasteiger partial charge in [0, 0.05) is 13.1 Å². The van der Waals surface area contributed by atoms with Crippen LogP contribution in [0.25, 0.3) is 0 Å². The van der Waals surface area contributed by atoms with Crippen LogP contribution in [-0.2, 0) is 6.54 Å². The maximum absolute atomic E-state index is 9.86. The van der Waals surface area contributed by atoms with Gasteiger partial charge in [-0.15, -0.1) is 6.42 Å². The van der Waals surface area contributed by atoms with E-state index < -0.39 is 5.60 Å². The molecule has 3 nitrogen and oxygen atoms in total. The number of nitrogens with zero attached hydrogens (tertiary/aromatic N) is 1. The van der Waals surface area contributed by atoms with Crippen molar-refractivity contribution in [2.75, 3.05) is 19.7 Å². The lowest BCUT2D eigenvalue weighted by atomic mass is 10.1. The summed E-state index contributed by atoms with van der Waals surface area (Å²) in [5.41, 5.74) is 0.519.